The van der Waals surface area contributed by atoms with Gasteiger partial charge in [-0.25, -0.2) is 9.98 Å². The highest BCUT2D eigenvalue weighted by Gasteiger charge is 2.10. The number of pyridine rings is 1. The van der Waals surface area contributed by atoms with E-state index >= 15 is 0 Å². The summed E-state index contributed by atoms with van der Waals surface area (Å²) < 4.78 is 12.5. The van der Waals surface area contributed by atoms with Crippen LogP contribution in [0.5, 0.6) is 5.88 Å². The van der Waals surface area contributed by atoms with Gasteiger partial charge in [-0.3, -0.25) is 0 Å². The van der Waals surface area contributed by atoms with Crippen molar-refractivity contribution in [2.45, 2.75) is 20.0 Å². The smallest absolute Gasteiger partial charge is 0.213 e. The predicted octanol–water partition coefficient (Wildman–Crippen LogP) is 2.70. The van der Waals surface area contributed by atoms with Gasteiger partial charge in [0.2, 0.25) is 5.88 Å². The lowest BCUT2D eigenvalue weighted by Crippen LogP contribution is -2.38. The van der Waals surface area contributed by atoms with Gasteiger partial charge in [-0.15, -0.1) is 0 Å². The number of methoxy groups -OCH3 is 1. The lowest BCUT2D eigenvalue weighted by atomic mass is 10.3. The van der Waals surface area contributed by atoms with Crippen LogP contribution in [0.4, 0.5) is 0 Å². The van der Waals surface area contributed by atoms with Crippen molar-refractivity contribution < 1.29 is 9.47 Å². The Hall–Kier alpha value is -2.25. The van der Waals surface area contributed by atoms with Crippen molar-refractivity contribution in [1.82, 2.24) is 19.8 Å². The van der Waals surface area contributed by atoms with Crippen LogP contribution in [-0.2, 0) is 24.9 Å². The quantitative estimate of drug-likeness (QED) is 0.403. The minimum Gasteiger partial charge on any atom is -0.475 e. The first-order chi connectivity index (χ1) is 13.0. The van der Waals surface area contributed by atoms with E-state index in [0.717, 1.165) is 28.8 Å². The molecule has 0 aliphatic rings. The van der Waals surface area contributed by atoms with Gasteiger partial charge in [-0.2, -0.15) is 0 Å². The monoisotopic (exact) mass is 393 g/mol. The largest absolute Gasteiger partial charge is 0.475 e. The van der Waals surface area contributed by atoms with Crippen LogP contribution >= 0.6 is 11.6 Å². The molecule has 0 amide bonds. The second kappa shape index (κ2) is 10.8. The fourth-order valence-corrected chi connectivity index (χ4v) is 2.77. The van der Waals surface area contributed by atoms with Crippen molar-refractivity contribution in [3.8, 4) is 5.88 Å². The van der Waals surface area contributed by atoms with E-state index in [1.165, 1.54) is 0 Å². The second-order valence-electron chi connectivity index (χ2n) is 6.13. The standard InChI is InChI=1S/C19H28ClN5O2/c1-5-21-19(25(3)14-17-10-16(20)13-24(17)2)23-12-15-6-7-18(22-11-15)27-9-8-26-4/h6-7,10-11,13H,5,8-9,12,14H2,1-4H3,(H,21,23). The normalized spacial score (nSPS) is 11.5. The molecule has 0 spiro atoms. The molecule has 148 valence electrons. The zero-order valence-electron chi connectivity index (χ0n) is 16.4. The van der Waals surface area contributed by atoms with Gasteiger partial charge in [0, 0.05) is 51.9 Å². The molecule has 0 unspecified atom stereocenters. The van der Waals surface area contributed by atoms with Gasteiger partial charge in [0.15, 0.2) is 5.96 Å². The van der Waals surface area contributed by atoms with Crippen LogP contribution in [0.1, 0.15) is 18.2 Å². The number of rotatable bonds is 9. The highest BCUT2D eigenvalue weighted by Crippen LogP contribution is 2.14. The number of guanidine groups is 1. The van der Waals surface area contributed by atoms with Crippen LogP contribution in [0, 0.1) is 0 Å². The average Bonchev–Trinajstić information content (AvgIpc) is 2.97. The van der Waals surface area contributed by atoms with Crippen molar-refractivity contribution in [2.75, 3.05) is 33.9 Å². The second-order valence-corrected chi connectivity index (χ2v) is 6.57. The van der Waals surface area contributed by atoms with E-state index in [1.54, 1.807) is 13.3 Å². The third-order valence-corrected chi connectivity index (χ3v) is 4.12. The summed E-state index contributed by atoms with van der Waals surface area (Å²) in [6.07, 6.45) is 3.68. The molecule has 8 heteroatoms. The lowest BCUT2D eigenvalue weighted by Gasteiger charge is -2.22. The van der Waals surface area contributed by atoms with Crippen LogP contribution in [0.15, 0.2) is 35.6 Å². The van der Waals surface area contributed by atoms with E-state index in [2.05, 4.69) is 22.1 Å². The molecule has 7 nitrogen and oxygen atoms in total. The van der Waals surface area contributed by atoms with Gasteiger partial charge in [0.25, 0.3) is 0 Å². The Balaban J connectivity index is 1.98. The van der Waals surface area contributed by atoms with E-state index in [0.29, 0.717) is 32.2 Å². The number of nitrogens with zero attached hydrogens (tertiary/aromatic N) is 4. The van der Waals surface area contributed by atoms with Crippen molar-refractivity contribution in [3.05, 3.63) is 46.9 Å². The SMILES string of the molecule is CCNC(=NCc1ccc(OCCOC)nc1)N(C)Cc1cc(Cl)cn1C. The number of halogens is 1. The molecule has 0 aliphatic carbocycles. The number of aromatic nitrogens is 2. The van der Waals surface area contributed by atoms with Gasteiger partial charge < -0.3 is 24.3 Å². The molecule has 0 bridgehead atoms. The molecule has 27 heavy (non-hydrogen) atoms. The molecule has 2 rings (SSSR count). The van der Waals surface area contributed by atoms with E-state index in [4.69, 9.17) is 26.1 Å². The maximum atomic E-state index is 6.07. The Morgan fingerprint density at radius 1 is 1.37 bits per heavy atom. The molecule has 0 atom stereocenters. The van der Waals surface area contributed by atoms with Crippen LogP contribution in [0.3, 0.4) is 0 Å². The Labute approximate surface area is 166 Å². The molecule has 0 aliphatic heterocycles. The minimum atomic E-state index is 0.486. The van der Waals surface area contributed by atoms with Gasteiger partial charge in [-0.1, -0.05) is 17.7 Å². The number of hydrogen-bond donors (Lipinski definition) is 1. The number of aliphatic imine (C=N–C) groups is 1. The Morgan fingerprint density at radius 3 is 2.78 bits per heavy atom. The molecule has 2 aromatic heterocycles. The molecule has 2 heterocycles. The van der Waals surface area contributed by atoms with Crippen molar-refractivity contribution >= 4 is 17.6 Å². The molecule has 0 aromatic carbocycles. The summed E-state index contributed by atoms with van der Waals surface area (Å²) in [5.41, 5.74) is 2.13. The molecule has 2 aromatic rings. The highest BCUT2D eigenvalue weighted by atomic mass is 35.5. The summed E-state index contributed by atoms with van der Waals surface area (Å²) in [4.78, 5) is 11.1. The van der Waals surface area contributed by atoms with Crippen molar-refractivity contribution in [2.24, 2.45) is 12.0 Å². The number of ether oxygens (including phenoxy) is 2. The van der Waals surface area contributed by atoms with Gasteiger partial charge in [0.05, 0.1) is 24.7 Å². The Morgan fingerprint density at radius 2 is 2.19 bits per heavy atom. The summed E-state index contributed by atoms with van der Waals surface area (Å²) in [7, 11) is 5.64. The summed E-state index contributed by atoms with van der Waals surface area (Å²) in [5.74, 6) is 1.42. The van der Waals surface area contributed by atoms with Gasteiger partial charge in [0.1, 0.15) is 6.61 Å². The molecule has 0 radical (unpaired) electrons. The molecule has 0 fully saturated rings. The third kappa shape index (κ3) is 6.77. The van der Waals surface area contributed by atoms with E-state index in [9.17, 15) is 0 Å². The minimum absolute atomic E-state index is 0.486. The van der Waals surface area contributed by atoms with Crippen LogP contribution in [0.25, 0.3) is 0 Å². The first kappa shape index (κ1) is 21.1. The Kier molecular flexibility index (Phi) is 8.42. The van der Waals surface area contributed by atoms with Crippen LogP contribution < -0.4 is 10.1 Å². The van der Waals surface area contributed by atoms with Gasteiger partial charge in [-0.05, 0) is 18.6 Å². The predicted molar refractivity (Wildman–Crippen MR) is 108 cm³/mol. The number of hydrogen-bond acceptors (Lipinski definition) is 4. The molecule has 1 N–H and O–H groups in total. The van der Waals surface area contributed by atoms with Crippen molar-refractivity contribution in [3.63, 3.8) is 0 Å². The van der Waals surface area contributed by atoms with Crippen LogP contribution in [0.2, 0.25) is 5.02 Å². The first-order valence-corrected chi connectivity index (χ1v) is 9.28. The lowest BCUT2D eigenvalue weighted by molar-refractivity contribution is 0.143. The zero-order chi connectivity index (χ0) is 19.6. The number of nitrogens with one attached hydrogen (secondary N) is 1. The molecular weight excluding hydrogens is 366 g/mol. The average molecular weight is 394 g/mol. The maximum Gasteiger partial charge on any atom is 0.213 e. The first-order valence-electron chi connectivity index (χ1n) is 8.90. The molecule has 0 saturated carbocycles. The highest BCUT2D eigenvalue weighted by molar-refractivity contribution is 6.30. The summed E-state index contributed by atoms with van der Waals surface area (Å²) in [6.45, 7) is 5.11. The van der Waals surface area contributed by atoms with Gasteiger partial charge >= 0.3 is 0 Å². The molecule has 0 saturated heterocycles. The third-order valence-electron chi connectivity index (χ3n) is 3.92. The summed E-state index contributed by atoms with van der Waals surface area (Å²) >= 11 is 6.07. The van der Waals surface area contributed by atoms with Crippen molar-refractivity contribution in [1.29, 1.82) is 0 Å². The van der Waals surface area contributed by atoms with E-state index < -0.39 is 0 Å². The fraction of sp³-hybridized carbons (Fsp3) is 0.474. The topological polar surface area (TPSA) is 63.9 Å². The van der Waals surface area contributed by atoms with E-state index in [1.807, 2.05) is 43.1 Å². The summed E-state index contributed by atoms with van der Waals surface area (Å²) in [6, 6.07) is 5.79. The van der Waals surface area contributed by atoms with Crippen LogP contribution in [-0.4, -0.2) is 54.3 Å². The fourth-order valence-electron chi connectivity index (χ4n) is 2.50. The maximum absolute atomic E-state index is 6.07. The zero-order valence-corrected chi connectivity index (χ0v) is 17.2. The summed E-state index contributed by atoms with van der Waals surface area (Å²) in [5, 5.41) is 4.06. The number of aryl methyl sites for hydroxylation is 1. The molecular formula is C19H28ClN5O2. The van der Waals surface area contributed by atoms with E-state index in [-0.39, 0.29) is 0 Å². The Bertz CT molecular complexity index is 730.